The number of aryl methyl sites for hydroxylation is 1. The summed E-state index contributed by atoms with van der Waals surface area (Å²) in [4.78, 5) is 19.8. The molecule has 24 heavy (non-hydrogen) atoms. The van der Waals surface area contributed by atoms with Gasteiger partial charge in [0, 0.05) is 18.0 Å². The summed E-state index contributed by atoms with van der Waals surface area (Å²) in [5, 5.41) is 3.85. The molecule has 1 fully saturated rings. The van der Waals surface area contributed by atoms with Crippen LogP contribution in [0.1, 0.15) is 30.5 Å². The summed E-state index contributed by atoms with van der Waals surface area (Å²) < 4.78 is 10.5. The van der Waals surface area contributed by atoms with E-state index < -0.39 is 0 Å². The lowest BCUT2D eigenvalue weighted by molar-refractivity contribution is -0.129. The maximum atomic E-state index is 12.5. The Kier molecular flexibility index (Phi) is 5.40. The minimum atomic E-state index is 0.142. The van der Waals surface area contributed by atoms with E-state index in [1.54, 1.807) is 7.11 Å². The minimum absolute atomic E-state index is 0.142. The lowest BCUT2D eigenvalue weighted by Crippen LogP contribution is -2.40. The average Bonchev–Trinajstić information content (AvgIpc) is 3.06. The molecule has 0 N–H and O–H groups in total. The summed E-state index contributed by atoms with van der Waals surface area (Å²) >= 11 is 1.53. The summed E-state index contributed by atoms with van der Waals surface area (Å²) in [6, 6.07) is 7.76. The summed E-state index contributed by atoms with van der Waals surface area (Å²) in [6.07, 6.45) is 1.94. The van der Waals surface area contributed by atoms with Crippen molar-refractivity contribution in [2.24, 2.45) is 0 Å². The number of nitrogens with zero attached hydrogens (tertiary/aromatic N) is 3. The van der Waals surface area contributed by atoms with Gasteiger partial charge in [-0.25, -0.2) is 0 Å². The molecule has 3 rings (SSSR count). The van der Waals surface area contributed by atoms with Crippen LogP contribution >= 0.6 is 11.8 Å². The zero-order chi connectivity index (χ0) is 16.9. The number of benzene rings is 1. The van der Waals surface area contributed by atoms with E-state index in [2.05, 4.69) is 10.1 Å². The molecule has 1 aromatic heterocycles. The van der Waals surface area contributed by atoms with E-state index in [4.69, 9.17) is 9.26 Å². The molecule has 0 spiro atoms. The minimum Gasteiger partial charge on any atom is -0.497 e. The van der Waals surface area contributed by atoms with Crippen molar-refractivity contribution in [2.75, 3.05) is 26.0 Å². The number of carbonyl (C=O) groups is 1. The molecule has 1 saturated heterocycles. The topological polar surface area (TPSA) is 68.5 Å². The molecular formula is C17H21N3O3S. The predicted octanol–water partition coefficient (Wildman–Crippen LogP) is 2.88. The van der Waals surface area contributed by atoms with Gasteiger partial charge in [-0.2, -0.15) is 4.98 Å². The van der Waals surface area contributed by atoms with Crippen LogP contribution in [-0.2, 0) is 4.79 Å². The van der Waals surface area contributed by atoms with Gasteiger partial charge in [0.2, 0.25) is 11.8 Å². The largest absolute Gasteiger partial charge is 0.497 e. The SMILES string of the molecule is COc1cccc(SCC(=O)N2CCC[C@H](c3nc(C)no3)C2)c1. The third-order valence-electron chi connectivity index (χ3n) is 4.07. The van der Waals surface area contributed by atoms with Gasteiger partial charge in [-0.1, -0.05) is 11.2 Å². The van der Waals surface area contributed by atoms with Crippen molar-refractivity contribution >= 4 is 17.7 Å². The van der Waals surface area contributed by atoms with Gasteiger partial charge in [-0.3, -0.25) is 4.79 Å². The van der Waals surface area contributed by atoms with Crippen LogP contribution < -0.4 is 4.74 Å². The van der Waals surface area contributed by atoms with Gasteiger partial charge >= 0.3 is 0 Å². The highest BCUT2D eigenvalue weighted by Crippen LogP contribution is 2.27. The number of ether oxygens (including phenoxy) is 1. The Morgan fingerprint density at radius 2 is 2.38 bits per heavy atom. The molecule has 0 unspecified atom stereocenters. The molecule has 1 aromatic carbocycles. The zero-order valence-corrected chi connectivity index (χ0v) is 14.7. The van der Waals surface area contributed by atoms with Crippen molar-refractivity contribution in [2.45, 2.75) is 30.6 Å². The number of carbonyl (C=O) groups excluding carboxylic acids is 1. The fourth-order valence-corrected chi connectivity index (χ4v) is 3.66. The Morgan fingerprint density at radius 1 is 1.50 bits per heavy atom. The van der Waals surface area contributed by atoms with Crippen molar-refractivity contribution < 1.29 is 14.1 Å². The Labute approximate surface area is 145 Å². The Balaban J connectivity index is 1.56. The molecule has 2 aromatic rings. The molecule has 1 aliphatic rings. The summed E-state index contributed by atoms with van der Waals surface area (Å²) in [7, 11) is 1.64. The number of amides is 1. The van der Waals surface area contributed by atoms with Gasteiger partial charge in [-0.05, 0) is 38.0 Å². The highest BCUT2D eigenvalue weighted by Gasteiger charge is 2.28. The number of hydrogen-bond acceptors (Lipinski definition) is 6. The molecule has 7 heteroatoms. The monoisotopic (exact) mass is 347 g/mol. The maximum absolute atomic E-state index is 12.5. The second-order valence-corrected chi connectivity index (χ2v) is 6.88. The van der Waals surface area contributed by atoms with Crippen LogP contribution in [0.2, 0.25) is 0 Å². The first-order chi connectivity index (χ1) is 11.7. The predicted molar refractivity (Wildman–Crippen MR) is 91.3 cm³/mol. The van der Waals surface area contributed by atoms with Crippen LogP contribution in [0.25, 0.3) is 0 Å². The maximum Gasteiger partial charge on any atom is 0.232 e. The fourth-order valence-electron chi connectivity index (χ4n) is 2.81. The summed E-state index contributed by atoms with van der Waals surface area (Å²) in [5.74, 6) is 2.79. The van der Waals surface area contributed by atoms with Gasteiger partial charge in [0.15, 0.2) is 5.82 Å². The van der Waals surface area contributed by atoms with E-state index in [1.807, 2.05) is 36.1 Å². The van der Waals surface area contributed by atoms with Crippen LogP contribution in [0.3, 0.4) is 0 Å². The quantitative estimate of drug-likeness (QED) is 0.775. The molecule has 1 atom stereocenters. The average molecular weight is 347 g/mol. The smallest absolute Gasteiger partial charge is 0.232 e. The molecule has 1 aliphatic heterocycles. The molecule has 6 nitrogen and oxygen atoms in total. The first-order valence-corrected chi connectivity index (χ1v) is 8.99. The molecule has 1 amide bonds. The Morgan fingerprint density at radius 3 is 3.12 bits per heavy atom. The standard InChI is InChI=1S/C17H21N3O3S/c1-12-18-17(23-19-12)13-5-4-8-20(10-13)16(21)11-24-15-7-3-6-14(9-15)22-2/h3,6-7,9,13H,4-5,8,10-11H2,1-2H3/t13-/m0/s1. The molecule has 2 heterocycles. The Hall–Kier alpha value is -2.02. The normalized spacial score (nSPS) is 17.8. The van der Waals surface area contributed by atoms with E-state index >= 15 is 0 Å². The van der Waals surface area contributed by atoms with Gasteiger partial charge < -0.3 is 14.2 Å². The van der Waals surface area contributed by atoms with E-state index in [-0.39, 0.29) is 11.8 Å². The highest BCUT2D eigenvalue weighted by atomic mass is 32.2. The first kappa shape index (κ1) is 16.8. The lowest BCUT2D eigenvalue weighted by Gasteiger charge is -2.31. The number of hydrogen-bond donors (Lipinski definition) is 0. The lowest BCUT2D eigenvalue weighted by atomic mass is 9.98. The number of aromatic nitrogens is 2. The van der Waals surface area contributed by atoms with Crippen molar-refractivity contribution in [3.05, 3.63) is 36.0 Å². The number of methoxy groups -OCH3 is 1. The van der Waals surface area contributed by atoms with Crippen LogP contribution in [0.4, 0.5) is 0 Å². The number of piperidine rings is 1. The molecular weight excluding hydrogens is 326 g/mol. The fraction of sp³-hybridized carbons (Fsp3) is 0.471. The van der Waals surface area contributed by atoms with Crippen LogP contribution in [0, 0.1) is 6.92 Å². The van der Waals surface area contributed by atoms with Gasteiger partial charge in [0.05, 0.1) is 18.8 Å². The van der Waals surface area contributed by atoms with E-state index in [0.717, 1.165) is 30.0 Å². The first-order valence-electron chi connectivity index (χ1n) is 8.00. The Bertz CT molecular complexity index is 704. The van der Waals surface area contributed by atoms with E-state index in [9.17, 15) is 4.79 Å². The number of likely N-dealkylation sites (tertiary alicyclic amines) is 1. The molecule has 0 bridgehead atoms. The van der Waals surface area contributed by atoms with Gasteiger partial charge in [-0.15, -0.1) is 11.8 Å². The van der Waals surface area contributed by atoms with Crippen molar-refractivity contribution in [1.29, 1.82) is 0 Å². The summed E-state index contributed by atoms with van der Waals surface area (Å²) in [5.41, 5.74) is 0. The van der Waals surface area contributed by atoms with Crippen LogP contribution in [0.5, 0.6) is 5.75 Å². The van der Waals surface area contributed by atoms with Gasteiger partial charge in [0.1, 0.15) is 5.75 Å². The second-order valence-electron chi connectivity index (χ2n) is 5.83. The molecule has 0 saturated carbocycles. The van der Waals surface area contributed by atoms with E-state index in [0.29, 0.717) is 24.0 Å². The molecule has 0 aliphatic carbocycles. The van der Waals surface area contributed by atoms with Crippen molar-refractivity contribution in [1.82, 2.24) is 15.0 Å². The van der Waals surface area contributed by atoms with Gasteiger partial charge in [0.25, 0.3) is 0 Å². The zero-order valence-electron chi connectivity index (χ0n) is 13.9. The van der Waals surface area contributed by atoms with Crippen molar-refractivity contribution in [3.63, 3.8) is 0 Å². The molecule has 0 radical (unpaired) electrons. The van der Waals surface area contributed by atoms with Crippen LogP contribution in [-0.4, -0.2) is 46.9 Å². The molecule has 128 valence electrons. The summed E-state index contributed by atoms with van der Waals surface area (Å²) in [6.45, 7) is 3.25. The highest BCUT2D eigenvalue weighted by molar-refractivity contribution is 8.00. The number of rotatable bonds is 5. The third kappa shape index (κ3) is 4.08. The van der Waals surface area contributed by atoms with E-state index in [1.165, 1.54) is 11.8 Å². The van der Waals surface area contributed by atoms with Crippen molar-refractivity contribution in [3.8, 4) is 5.75 Å². The second kappa shape index (κ2) is 7.70. The third-order valence-corrected chi connectivity index (χ3v) is 5.05. The number of thioether (sulfide) groups is 1. The van der Waals surface area contributed by atoms with Crippen LogP contribution in [0.15, 0.2) is 33.7 Å².